The van der Waals surface area contributed by atoms with E-state index in [1.165, 1.54) is 6.42 Å². The first-order valence-electron chi connectivity index (χ1n) is 7.73. The van der Waals surface area contributed by atoms with Crippen molar-refractivity contribution in [1.82, 2.24) is 4.98 Å². The predicted molar refractivity (Wildman–Crippen MR) is 83.2 cm³/mol. The van der Waals surface area contributed by atoms with Crippen LogP contribution in [0, 0.1) is 5.92 Å². The Kier molecular flexibility index (Phi) is 5.65. The maximum Gasteiger partial charge on any atom is 0.139 e. The van der Waals surface area contributed by atoms with Crippen LogP contribution in [-0.4, -0.2) is 30.7 Å². The Morgan fingerprint density at radius 2 is 2.10 bits per heavy atom. The summed E-state index contributed by atoms with van der Waals surface area (Å²) in [6.07, 6.45) is 8.13. The topological polar surface area (TPSA) is 51.4 Å². The summed E-state index contributed by atoms with van der Waals surface area (Å²) in [7, 11) is 0. The average molecular weight is 277 g/mol. The summed E-state index contributed by atoms with van der Waals surface area (Å²) in [6.45, 7) is 7.28. The van der Waals surface area contributed by atoms with Crippen molar-refractivity contribution in [3.63, 3.8) is 0 Å². The molecule has 1 saturated heterocycles. The summed E-state index contributed by atoms with van der Waals surface area (Å²) in [5.74, 6) is 1.61. The van der Waals surface area contributed by atoms with Crippen molar-refractivity contribution in [2.45, 2.75) is 45.6 Å². The average Bonchev–Trinajstić information content (AvgIpc) is 2.44. The number of nitrogens with two attached hydrogens (primary N) is 1. The molecule has 2 heterocycles. The van der Waals surface area contributed by atoms with Gasteiger partial charge < -0.3 is 15.4 Å². The van der Waals surface area contributed by atoms with E-state index in [2.05, 4.69) is 29.8 Å². The zero-order valence-corrected chi connectivity index (χ0v) is 12.7. The molecule has 1 aliphatic rings. The summed E-state index contributed by atoms with van der Waals surface area (Å²) in [4.78, 5) is 6.64. The van der Waals surface area contributed by atoms with E-state index in [0.717, 1.165) is 56.3 Å². The van der Waals surface area contributed by atoms with Crippen molar-refractivity contribution in [3.8, 4) is 5.75 Å². The lowest BCUT2D eigenvalue weighted by Crippen LogP contribution is -2.39. The third-order valence-electron chi connectivity index (χ3n) is 3.80. The Bertz CT molecular complexity index is 400. The Hall–Kier alpha value is -1.29. The fraction of sp³-hybridized carbons (Fsp3) is 0.688. The van der Waals surface area contributed by atoms with E-state index in [-0.39, 0.29) is 0 Å². The quantitative estimate of drug-likeness (QED) is 0.812. The minimum atomic E-state index is 0.356. The molecule has 0 spiro atoms. The molecular formula is C16H27N3O. The Morgan fingerprint density at radius 3 is 2.80 bits per heavy atom. The van der Waals surface area contributed by atoms with Gasteiger partial charge in [-0.2, -0.15) is 0 Å². The number of aromatic nitrogens is 1. The number of nitrogens with zero attached hydrogens (tertiary/aromatic N) is 2. The van der Waals surface area contributed by atoms with Crippen LogP contribution in [0.1, 0.15) is 39.5 Å². The highest BCUT2D eigenvalue weighted by Crippen LogP contribution is 2.23. The largest absolute Gasteiger partial charge is 0.492 e. The van der Waals surface area contributed by atoms with Crippen molar-refractivity contribution in [3.05, 3.63) is 18.5 Å². The molecule has 0 unspecified atom stereocenters. The van der Waals surface area contributed by atoms with Gasteiger partial charge in [-0.05, 0) is 31.6 Å². The second-order valence-electron chi connectivity index (χ2n) is 6.09. The van der Waals surface area contributed by atoms with Gasteiger partial charge in [0, 0.05) is 25.2 Å². The molecule has 0 atom stereocenters. The van der Waals surface area contributed by atoms with Crippen LogP contribution in [0.2, 0.25) is 0 Å². The standard InChI is InChI=1S/C16H27N3O/c1-13(2)4-3-9-20-16-10-15(11-18-12-16)19-7-5-14(17)6-8-19/h10-14H,3-9,17H2,1-2H3. The number of pyridine rings is 1. The first kappa shape index (κ1) is 15.1. The van der Waals surface area contributed by atoms with Crippen LogP contribution in [0.3, 0.4) is 0 Å². The molecule has 0 aliphatic carbocycles. The van der Waals surface area contributed by atoms with Gasteiger partial charge in [-0.15, -0.1) is 0 Å². The third-order valence-corrected chi connectivity index (χ3v) is 3.80. The number of ether oxygens (including phenoxy) is 1. The second-order valence-corrected chi connectivity index (χ2v) is 6.09. The molecule has 1 fully saturated rings. The van der Waals surface area contributed by atoms with E-state index in [4.69, 9.17) is 10.5 Å². The molecule has 2 rings (SSSR count). The van der Waals surface area contributed by atoms with E-state index in [1.54, 1.807) is 6.20 Å². The molecule has 112 valence electrons. The highest BCUT2D eigenvalue weighted by molar-refractivity contribution is 5.48. The van der Waals surface area contributed by atoms with Gasteiger partial charge in [-0.1, -0.05) is 13.8 Å². The molecule has 2 N–H and O–H groups in total. The molecule has 4 heteroatoms. The molecule has 20 heavy (non-hydrogen) atoms. The minimum absolute atomic E-state index is 0.356. The molecule has 0 aromatic carbocycles. The lowest BCUT2D eigenvalue weighted by Gasteiger charge is -2.31. The molecule has 0 saturated carbocycles. The number of anilines is 1. The first-order valence-corrected chi connectivity index (χ1v) is 7.73. The van der Waals surface area contributed by atoms with Gasteiger partial charge in [0.15, 0.2) is 0 Å². The zero-order chi connectivity index (χ0) is 14.4. The number of piperidine rings is 1. The minimum Gasteiger partial charge on any atom is -0.492 e. The van der Waals surface area contributed by atoms with Crippen LogP contribution < -0.4 is 15.4 Å². The van der Waals surface area contributed by atoms with Crippen LogP contribution in [0.15, 0.2) is 18.5 Å². The number of rotatable bonds is 6. The van der Waals surface area contributed by atoms with Gasteiger partial charge in [0.1, 0.15) is 5.75 Å². The van der Waals surface area contributed by atoms with Crippen LogP contribution >= 0.6 is 0 Å². The van der Waals surface area contributed by atoms with Gasteiger partial charge in [-0.3, -0.25) is 4.98 Å². The van der Waals surface area contributed by atoms with Crippen molar-refractivity contribution in [1.29, 1.82) is 0 Å². The van der Waals surface area contributed by atoms with Crippen LogP contribution in [0.4, 0.5) is 5.69 Å². The van der Waals surface area contributed by atoms with Crippen molar-refractivity contribution >= 4 is 5.69 Å². The SMILES string of the molecule is CC(C)CCCOc1cncc(N2CCC(N)CC2)c1. The Morgan fingerprint density at radius 1 is 1.35 bits per heavy atom. The lowest BCUT2D eigenvalue weighted by atomic mass is 10.1. The highest BCUT2D eigenvalue weighted by atomic mass is 16.5. The third kappa shape index (κ3) is 4.67. The normalized spacial score (nSPS) is 16.7. The summed E-state index contributed by atoms with van der Waals surface area (Å²) < 4.78 is 5.80. The van der Waals surface area contributed by atoms with Crippen molar-refractivity contribution in [2.75, 3.05) is 24.6 Å². The fourth-order valence-electron chi connectivity index (χ4n) is 2.50. The Labute approximate surface area is 122 Å². The van der Waals surface area contributed by atoms with Gasteiger partial charge in [0.25, 0.3) is 0 Å². The molecule has 1 aromatic rings. The smallest absolute Gasteiger partial charge is 0.139 e. The molecule has 0 bridgehead atoms. The first-order chi connectivity index (χ1) is 9.65. The molecule has 0 radical (unpaired) electrons. The summed E-state index contributed by atoms with van der Waals surface area (Å²) in [6, 6.07) is 2.45. The van der Waals surface area contributed by atoms with Crippen molar-refractivity contribution < 1.29 is 4.74 Å². The van der Waals surface area contributed by atoms with E-state index in [0.29, 0.717) is 6.04 Å². The number of hydrogen-bond donors (Lipinski definition) is 1. The maximum absolute atomic E-state index is 5.94. The second kappa shape index (κ2) is 7.48. The number of hydrogen-bond acceptors (Lipinski definition) is 4. The molecular weight excluding hydrogens is 250 g/mol. The molecule has 0 amide bonds. The van der Waals surface area contributed by atoms with Crippen LogP contribution in [0.25, 0.3) is 0 Å². The highest BCUT2D eigenvalue weighted by Gasteiger charge is 2.16. The summed E-state index contributed by atoms with van der Waals surface area (Å²) in [5.41, 5.74) is 7.09. The van der Waals surface area contributed by atoms with Gasteiger partial charge in [-0.25, -0.2) is 0 Å². The summed E-state index contributed by atoms with van der Waals surface area (Å²) >= 11 is 0. The van der Waals surface area contributed by atoms with Gasteiger partial charge in [0.05, 0.1) is 24.7 Å². The Balaban J connectivity index is 1.84. The summed E-state index contributed by atoms with van der Waals surface area (Å²) in [5, 5.41) is 0. The van der Waals surface area contributed by atoms with E-state index >= 15 is 0 Å². The van der Waals surface area contributed by atoms with Gasteiger partial charge in [0.2, 0.25) is 0 Å². The monoisotopic (exact) mass is 277 g/mol. The molecule has 1 aromatic heterocycles. The molecule has 4 nitrogen and oxygen atoms in total. The maximum atomic E-state index is 5.94. The van der Waals surface area contributed by atoms with Gasteiger partial charge >= 0.3 is 0 Å². The van der Waals surface area contributed by atoms with E-state index in [9.17, 15) is 0 Å². The van der Waals surface area contributed by atoms with Crippen LogP contribution in [-0.2, 0) is 0 Å². The van der Waals surface area contributed by atoms with Crippen LogP contribution in [0.5, 0.6) is 5.75 Å². The van der Waals surface area contributed by atoms with E-state index < -0.39 is 0 Å². The van der Waals surface area contributed by atoms with E-state index in [1.807, 2.05) is 6.20 Å². The molecule has 1 aliphatic heterocycles. The fourth-order valence-corrected chi connectivity index (χ4v) is 2.50. The van der Waals surface area contributed by atoms with Crippen molar-refractivity contribution in [2.24, 2.45) is 11.7 Å². The predicted octanol–water partition coefficient (Wildman–Crippen LogP) is 2.82. The lowest BCUT2D eigenvalue weighted by molar-refractivity contribution is 0.296. The zero-order valence-electron chi connectivity index (χ0n) is 12.7.